The summed E-state index contributed by atoms with van der Waals surface area (Å²) in [4.78, 5) is 25.1. The maximum atomic E-state index is 11.9. The van der Waals surface area contributed by atoms with Crippen LogP contribution in [0.1, 0.15) is 10.4 Å². The van der Waals surface area contributed by atoms with Crippen molar-refractivity contribution in [2.45, 2.75) is 0 Å². The lowest BCUT2D eigenvalue weighted by Crippen LogP contribution is -2.27. The zero-order chi connectivity index (χ0) is 18.0. The van der Waals surface area contributed by atoms with Crippen LogP contribution in [0.2, 0.25) is 0 Å². The third kappa shape index (κ3) is 3.67. The molecule has 0 spiro atoms. The van der Waals surface area contributed by atoms with Crippen molar-refractivity contribution in [1.29, 1.82) is 0 Å². The number of hydrogen-bond acceptors (Lipinski definition) is 4. The Balaban J connectivity index is 1.95. The number of nitrogens with two attached hydrogens (primary N) is 1. The minimum Gasteiger partial charge on any atom is -0.366 e. The van der Waals surface area contributed by atoms with Gasteiger partial charge in [0.05, 0.1) is 17.8 Å². The molecule has 0 radical (unpaired) electrons. The van der Waals surface area contributed by atoms with Crippen molar-refractivity contribution in [3.05, 3.63) is 48.0 Å². The van der Waals surface area contributed by atoms with Crippen LogP contribution in [0.3, 0.4) is 0 Å². The predicted octanol–water partition coefficient (Wildman–Crippen LogP) is 1.83. The fourth-order valence-corrected chi connectivity index (χ4v) is 2.62. The van der Waals surface area contributed by atoms with Crippen molar-refractivity contribution in [3.63, 3.8) is 0 Å². The average molecular weight is 337 g/mol. The van der Waals surface area contributed by atoms with Gasteiger partial charge in [-0.15, -0.1) is 0 Å². The number of primary amides is 1. The van der Waals surface area contributed by atoms with Crippen LogP contribution in [0.15, 0.2) is 42.5 Å². The Morgan fingerprint density at radius 1 is 1.20 bits per heavy atom. The molecule has 2 aromatic carbocycles. The molecule has 0 aliphatic rings. The van der Waals surface area contributed by atoms with Crippen molar-refractivity contribution in [3.8, 4) is 11.3 Å². The number of likely N-dealkylation sites (N-methyl/N-ethyl adjacent to an activating group) is 1. The van der Waals surface area contributed by atoms with E-state index in [0.29, 0.717) is 23.5 Å². The fourth-order valence-electron chi connectivity index (χ4n) is 2.62. The van der Waals surface area contributed by atoms with Crippen molar-refractivity contribution < 1.29 is 9.59 Å². The van der Waals surface area contributed by atoms with Crippen LogP contribution in [0.4, 0.5) is 5.69 Å². The van der Waals surface area contributed by atoms with Crippen LogP contribution in [0.25, 0.3) is 22.2 Å². The van der Waals surface area contributed by atoms with Gasteiger partial charge in [0.25, 0.3) is 0 Å². The highest BCUT2D eigenvalue weighted by atomic mass is 16.2. The highest BCUT2D eigenvalue weighted by Crippen LogP contribution is 2.28. The maximum Gasteiger partial charge on any atom is 0.248 e. The highest BCUT2D eigenvalue weighted by molar-refractivity contribution is 6.01. The second-order valence-electron chi connectivity index (χ2n) is 6.06. The van der Waals surface area contributed by atoms with Gasteiger partial charge in [0.15, 0.2) is 0 Å². The Bertz CT molecular complexity index is 946. The van der Waals surface area contributed by atoms with Gasteiger partial charge in [-0.3, -0.25) is 14.7 Å². The van der Waals surface area contributed by atoms with E-state index in [4.69, 9.17) is 5.73 Å². The molecule has 1 aromatic heterocycles. The van der Waals surface area contributed by atoms with Gasteiger partial charge in [0.2, 0.25) is 11.8 Å². The van der Waals surface area contributed by atoms with Gasteiger partial charge in [-0.25, -0.2) is 0 Å². The average Bonchev–Trinajstić information content (AvgIpc) is 2.97. The number of carbonyl (C=O) groups is 2. The molecule has 3 rings (SSSR count). The molecule has 25 heavy (non-hydrogen) atoms. The summed E-state index contributed by atoms with van der Waals surface area (Å²) in [5, 5.41) is 10.9. The molecule has 7 heteroatoms. The van der Waals surface area contributed by atoms with E-state index in [-0.39, 0.29) is 5.91 Å². The van der Waals surface area contributed by atoms with Gasteiger partial charge in [-0.05, 0) is 44.4 Å². The monoisotopic (exact) mass is 337 g/mol. The number of fused-ring (bicyclic) bond motifs is 1. The van der Waals surface area contributed by atoms with E-state index in [1.807, 2.05) is 38.4 Å². The standard InChI is InChI=1S/C18H19N5O2/c1-23(2)10-16(24)20-13-5-3-4-11(8-13)17-14-9-12(18(19)25)6-7-15(14)21-22-17/h3-9H,10H2,1-2H3,(H2,19,25)(H,20,24)(H,21,22). The number of carbonyl (C=O) groups excluding carboxylic acids is 2. The number of anilines is 1. The number of benzene rings is 2. The number of amides is 2. The number of H-pyrrole nitrogens is 1. The van der Waals surface area contributed by atoms with Crippen molar-refractivity contribution in [2.24, 2.45) is 5.73 Å². The SMILES string of the molecule is CN(C)CC(=O)Nc1cccc(-c2n[nH]c3ccc(C(N)=O)cc23)c1. The molecule has 1 heterocycles. The van der Waals surface area contributed by atoms with Crippen molar-refractivity contribution in [1.82, 2.24) is 15.1 Å². The van der Waals surface area contributed by atoms with Gasteiger partial charge in [0, 0.05) is 22.2 Å². The summed E-state index contributed by atoms with van der Waals surface area (Å²) in [6.07, 6.45) is 0. The van der Waals surface area contributed by atoms with Crippen molar-refractivity contribution >= 4 is 28.4 Å². The van der Waals surface area contributed by atoms with E-state index in [9.17, 15) is 9.59 Å². The molecule has 0 fully saturated rings. The fraction of sp³-hybridized carbons (Fsp3) is 0.167. The van der Waals surface area contributed by atoms with E-state index in [1.165, 1.54) is 0 Å². The van der Waals surface area contributed by atoms with Crippen LogP contribution in [-0.2, 0) is 4.79 Å². The number of aromatic nitrogens is 2. The number of nitrogens with one attached hydrogen (secondary N) is 2. The quantitative estimate of drug-likeness (QED) is 0.660. The van der Waals surface area contributed by atoms with E-state index in [1.54, 1.807) is 23.1 Å². The number of aromatic amines is 1. The molecule has 0 atom stereocenters. The molecule has 7 nitrogen and oxygen atoms in total. The van der Waals surface area contributed by atoms with E-state index >= 15 is 0 Å². The molecule has 128 valence electrons. The van der Waals surface area contributed by atoms with Crippen LogP contribution in [0.5, 0.6) is 0 Å². The number of hydrogen-bond donors (Lipinski definition) is 3. The third-order valence-corrected chi connectivity index (χ3v) is 3.73. The molecular formula is C18H19N5O2. The van der Waals surface area contributed by atoms with Gasteiger partial charge < -0.3 is 16.0 Å². The summed E-state index contributed by atoms with van der Waals surface area (Å²) in [6.45, 7) is 0.303. The first-order valence-corrected chi connectivity index (χ1v) is 7.77. The highest BCUT2D eigenvalue weighted by Gasteiger charge is 2.12. The molecule has 4 N–H and O–H groups in total. The molecule has 0 saturated carbocycles. The van der Waals surface area contributed by atoms with Crippen LogP contribution in [0, 0.1) is 0 Å². The Hall–Kier alpha value is -3.19. The van der Waals surface area contributed by atoms with Gasteiger partial charge in [-0.1, -0.05) is 12.1 Å². The zero-order valence-electron chi connectivity index (χ0n) is 14.0. The van der Waals surface area contributed by atoms with Crippen molar-refractivity contribution in [2.75, 3.05) is 26.0 Å². The van der Waals surface area contributed by atoms with Gasteiger partial charge in [-0.2, -0.15) is 5.10 Å². The molecule has 3 aromatic rings. The second-order valence-corrected chi connectivity index (χ2v) is 6.06. The largest absolute Gasteiger partial charge is 0.366 e. The summed E-state index contributed by atoms with van der Waals surface area (Å²) in [7, 11) is 3.67. The second kappa shape index (κ2) is 6.74. The Morgan fingerprint density at radius 3 is 2.72 bits per heavy atom. The molecule has 0 aliphatic heterocycles. The van der Waals surface area contributed by atoms with Gasteiger partial charge >= 0.3 is 0 Å². The summed E-state index contributed by atoms with van der Waals surface area (Å²) < 4.78 is 0. The molecule has 0 unspecified atom stereocenters. The third-order valence-electron chi connectivity index (χ3n) is 3.73. The summed E-state index contributed by atoms with van der Waals surface area (Å²) >= 11 is 0. The van der Waals surface area contributed by atoms with Gasteiger partial charge in [0.1, 0.15) is 0 Å². The first kappa shape index (κ1) is 16.7. The Labute approximate surface area is 144 Å². The lowest BCUT2D eigenvalue weighted by molar-refractivity contribution is -0.116. The molecule has 0 saturated heterocycles. The molecule has 2 amide bonds. The first-order chi connectivity index (χ1) is 11.9. The Kier molecular flexibility index (Phi) is 4.49. The Morgan fingerprint density at radius 2 is 2.00 bits per heavy atom. The van der Waals surface area contributed by atoms with Crippen LogP contribution < -0.4 is 11.1 Å². The zero-order valence-corrected chi connectivity index (χ0v) is 14.0. The summed E-state index contributed by atoms with van der Waals surface area (Å²) in [5.41, 5.74) is 8.80. The lowest BCUT2D eigenvalue weighted by atomic mass is 10.0. The summed E-state index contributed by atoms with van der Waals surface area (Å²) in [6, 6.07) is 12.6. The topological polar surface area (TPSA) is 104 Å². The molecular weight excluding hydrogens is 318 g/mol. The molecule has 0 bridgehead atoms. The smallest absolute Gasteiger partial charge is 0.248 e. The van der Waals surface area contributed by atoms with E-state index in [0.717, 1.165) is 16.5 Å². The lowest BCUT2D eigenvalue weighted by Gasteiger charge is -2.10. The minimum absolute atomic E-state index is 0.0925. The van der Waals surface area contributed by atoms with E-state index < -0.39 is 5.91 Å². The predicted molar refractivity (Wildman–Crippen MR) is 97.2 cm³/mol. The van der Waals surface area contributed by atoms with Crippen LogP contribution in [-0.4, -0.2) is 47.6 Å². The van der Waals surface area contributed by atoms with E-state index in [2.05, 4.69) is 15.5 Å². The molecule has 0 aliphatic carbocycles. The minimum atomic E-state index is -0.487. The summed E-state index contributed by atoms with van der Waals surface area (Å²) in [5.74, 6) is -0.580. The number of rotatable bonds is 5. The normalized spacial score (nSPS) is 11.0. The first-order valence-electron chi connectivity index (χ1n) is 7.77. The van der Waals surface area contributed by atoms with Crippen LogP contribution >= 0.6 is 0 Å². The number of nitrogens with zero attached hydrogens (tertiary/aromatic N) is 2. The maximum absolute atomic E-state index is 11.9.